The molecule has 1 aromatic rings. The van der Waals surface area contributed by atoms with Gasteiger partial charge in [-0.05, 0) is 18.2 Å². The predicted octanol–water partition coefficient (Wildman–Crippen LogP) is 0.570. The fraction of sp³-hybridized carbons (Fsp3) is 0.333. The highest BCUT2D eigenvalue weighted by Gasteiger charge is 2.09. The van der Waals surface area contributed by atoms with Crippen LogP contribution in [0.15, 0.2) is 18.2 Å². The number of nitrogens with two attached hydrogens (primary N) is 1. The third-order valence-corrected chi connectivity index (χ3v) is 2.34. The average molecular weight is 252 g/mol. The Labute approximate surface area is 105 Å². The number of carbonyl (C=O) groups is 2. The molecule has 0 bridgehead atoms. The molecule has 0 unspecified atom stereocenters. The minimum atomic E-state index is -0.370. The van der Waals surface area contributed by atoms with Crippen LogP contribution in [0.25, 0.3) is 0 Å². The van der Waals surface area contributed by atoms with Crippen LogP contribution in [0.4, 0.5) is 5.69 Å². The van der Waals surface area contributed by atoms with Gasteiger partial charge in [0.2, 0.25) is 0 Å². The molecular formula is C12H16N2O4. The van der Waals surface area contributed by atoms with Crippen molar-refractivity contribution in [2.45, 2.75) is 6.42 Å². The molecule has 1 rings (SSSR count). The molecule has 0 saturated carbocycles. The molecule has 0 saturated heterocycles. The Kier molecular flexibility index (Phi) is 4.98. The van der Waals surface area contributed by atoms with Crippen LogP contribution in [0.5, 0.6) is 5.75 Å². The Morgan fingerprint density at radius 1 is 1.33 bits per heavy atom. The van der Waals surface area contributed by atoms with E-state index in [1.165, 1.54) is 14.2 Å². The Balaban J connectivity index is 2.59. The second kappa shape index (κ2) is 6.48. The zero-order chi connectivity index (χ0) is 13.5. The number of carbonyl (C=O) groups excluding carboxylic acids is 2. The van der Waals surface area contributed by atoms with Crippen LogP contribution in [0.3, 0.4) is 0 Å². The van der Waals surface area contributed by atoms with Gasteiger partial charge in [0.25, 0.3) is 5.91 Å². The highest BCUT2D eigenvalue weighted by Crippen LogP contribution is 2.21. The molecule has 0 aromatic heterocycles. The summed E-state index contributed by atoms with van der Waals surface area (Å²) in [6.45, 7) is 0.220. The lowest BCUT2D eigenvalue weighted by molar-refractivity contribution is -0.140. The van der Waals surface area contributed by atoms with Crippen molar-refractivity contribution < 1.29 is 19.1 Å². The molecule has 6 nitrogen and oxygen atoms in total. The van der Waals surface area contributed by atoms with Gasteiger partial charge in [-0.15, -0.1) is 0 Å². The fourth-order valence-corrected chi connectivity index (χ4v) is 1.33. The first-order chi connectivity index (χ1) is 8.58. The molecule has 18 heavy (non-hydrogen) atoms. The van der Waals surface area contributed by atoms with Crippen LogP contribution >= 0.6 is 0 Å². The summed E-state index contributed by atoms with van der Waals surface area (Å²) in [5, 5.41) is 2.60. The second-order valence-electron chi connectivity index (χ2n) is 3.54. The molecule has 6 heteroatoms. The van der Waals surface area contributed by atoms with E-state index >= 15 is 0 Å². The Morgan fingerprint density at radius 3 is 2.67 bits per heavy atom. The number of rotatable bonds is 5. The summed E-state index contributed by atoms with van der Waals surface area (Å²) in [4.78, 5) is 22.6. The van der Waals surface area contributed by atoms with E-state index in [4.69, 9.17) is 10.5 Å². The van der Waals surface area contributed by atoms with Gasteiger partial charge in [-0.3, -0.25) is 9.59 Å². The van der Waals surface area contributed by atoms with Crippen LogP contribution in [-0.4, -0.2) is 32.6 Å². The Bertz CT molecular complexity index is 446. The third-order valence-electron chi connectivity index (χ3n) is 2.34. The normalized spacial score (nSPS) is 9.67. The van der Waals surface area contributed by atoms with Crippen molar-refractivity contribution in [3.05, 3.63) is 23.8 Å². The van der Waals surface area contributed by atoms with Gasteiger partial charge in [-0.25, -0.2) is 0 Å². The van der Waals surface area contributed by atoms with Crippen molar-refractivity contribution in [1.82, 2.24) is 5.32 Å². The van der Waals surface area contributed by atoms with Crippen LogP contribution in [0.2, 0.25) is 0 Å². The molecule has 0 heterocycles. The standard InChI is InChI=1S/C12H16N2O4/c1-17-10-7-8(3-4-9(10)13)12(16)14-6-5-11(15)18-2/h3-4,7H,5-6,13H2,1-2H3,(H,14,16). The first-order valence-electron chi connectivity index (χ1n) is 5.37. The Hall–Kier alpha value is -2.24. The summed E-state index contributed by atoms with van der Waals surface area (Å²) < 4.78 is 9.48. The van der Waals surface area contributed by atoms with Crippen molar-refractivity contribution in [3.63, 3.8) is 0 Å². The molecule has 0 spiro atoms. The molecule has 3 N–H and O–H groups in total. The molecule has 0 aliphatic heterocycles. The van der Waals surface area contributed by atoms with Gasteiger partial charge in [0, 0.05) is 12.1 Å². The van der Waals surface area contributed by atoms with E-state index in [2.05, 4.69) is 10.1 Å². The van der Waals surface area contributed by atoms with E-state index in [-0.39, 0.29) is 24.8 Å². The van der Waals surface area contributed by atoms with Crippen LogP contribution in [0.1, 0.15) is 16.8 Å². The number of methoxy groups -OCH3 is 2. The number of nitrogen functional groups attached to an aromatic ring is 1. The molecule has 1 amide bonds. The molecule has 1 aromatic carbocycles. The summed E-state index contributed by atoms with van der Waals surface area (Å²) in [7, 11) is 2.78. The van der Waals surface area contributed by atoms with Crippen LogP contribution < -0.4 is 15.8 Å². The summed E-state index contributed by atoms with van der Waals surface area (Å²) in [5.41, 5.74) is 6.52. The van der Waals surface area contributed by atoms with E-state index in [1.54, 1.807) is 18.2 Å². The smallest absolute Gasteiger partial charge is 0.307 e. The maximum Gasteiger partial charge on any atom is 0.307 e. The van der Waals surface area contributed by atoms with Gasteiger partial charge < -0.3 is 20.5 Å². The average Bonchev–Trinajstić information content (AvgIpc) is 2.38. The van der Waals surface area contributed by atoms with E-state index in [0.717, 1.165) is 0 Å². The Morgan fingerprint density at radius 2 is 2.06 bits per heavy atom. The molecule has 0 aliphatic carbocycles. The minimum Gasteiger partial charge on any atom is -0.495 e. The topological polar surface area (TPSA) is 90.7 Å². The van der Waals surface area contributed by atoms with Crippen LogP contribution in [-0.2, 0) is 9.53 Å². The fourth-order valence-electron chi connectivity index (χ4n) is 1.33. The van der Waals surface area contributed by atoms with Gasteiger partial charge >= 0.3 is 5.97 Å². The maximum absolute atomic E-state index is 11.7. The number of hydrogen-bond acceptors (Lipinski definition) is 5. The number of hydrogen-bond donors (Lipinski definition) is 2. The van der Waals surface area contributed by atoms with Crippen molar-refractivity contribution in [3.8, 4) is 5.75 Å². The lowest BCUT2D eigenvalue weighted by atomic mass is 10.2. The van der Waals surface area contributed by atoms with Crippen molar-refractivity contribution in [2.75, 3.05) is 26.5 Å². The first-order valence-corrected chi connectivity index (χ1v) is 5.37. The summed E-state index contributed by atoms with van der Waals surface area (Å²) in [6.07, 6.45) is 0.133. The lowest BCUT2D eigenvalue weighted by Crippen LogP contribution is -2.26. The molecule has 0 radical (unpaired) electrons. The highest BCUT2D eigenvalue weighted by molar-refractivity contribution is 5.95. The van der Waals surface area contributed by atoms with Gasteiger partial charge in [-0.1, -0.05) is 0 Å². The maximum atomic E-state index is 11.7. The van der Waals surface area contributed by atoms with Gasteiger partial charge in [-0.2, -0.15) is 0 Å². The largest absolute Gasteiger partial charge is 0.495 e. The minimum absolute atomic E-state index is 0.133. The molecule has 0 atom stereocenters. The number of anilines is 1. The van der Waals surface area contributed by atoms with Crippen molar-refractivity contribution in [1.29, 1.82) is 0 Å². The molecule has 0 aliphatic rings. The molecule has 0 fully saturated rings. The quantitative estimate of drug-likeness (QED) is 0.590. The van der Waals surface area contributed by atoms with Crippen LogP contribution in [0, 0.1) is 0 Å². The summed E-state index contributed by atoms with van der Waals surface area (Å²) in [5.74, 6) is -0.224. The van der Waals surface area contributed by atoms with E-state index in [9.17, 15) is 9.59 Å². The van der Waals surface area contributed by atoms with Gasteiger partial charge in [0.05, 0.1) is 26.3 Å². The van der Waals surface area contributed by atoms with E-state index in [1.807, 2.05) is 0 Å². The van der Waals surface area contributed by atoms with Crippen molar-refractivity contribution >= 4 is 17.6 Å². The lowest BCUT2D eigenvalue weighted by Gasteiger charge is -2.08. The number of benzene rings is 1. The number of nitrogens with one attached hydrogen (secondary N) is 1. The molecular weight excluding hydrogens is 236 g/mol. The van der Waals surface area contributed by atoms with Gasteiger partial charge in [0.1, 0.15) is 5.75 Å². The van der Waals surface area contributed by atoms with Crippen molar-refractivity contribution in [2.24, 2.45) is 0 Å². The van der Waals surface area contributed by atoms with E-state index in [0.29, 0.717) is 17.0 Å². The highest BCUT2D eigenvalue weighted by atomic mass is 16.5. The zero-order valence-corrected chi connectivity index (χ0v) is 10.4. The zero-order valence-electron chi connectivity index (χ0n) is 10.4. The van der Waals surface area contributed by atoms with Gasteiger partial charge in [0.15, 0.2) is 0 Å². The first kappa shape index (κ1) is 13.8. The number of amides is 1. The second-order valence-corrected chi connectivity index (χ2v) is 3.54. The monoisotopic (exact) mass is 252 g/mol. The third kappa shape index (κ3) is 3.65. The summed E-state index contributed by atoms with van der Waals surface area (Å²) in [6, 6.07) is 4.72. The predicted molar refractivity (Wildman–Crippen MR) is 66.4 cm³/mol. The SMILES string of the molecule is COC(=O)CCNC(=O)c1ccc(N)c(OC)c1. The molecule has 98 valence electrons. The van der Waals surface area contributed by atoms with E-state index < -0.39 is 0 Å². The summed E-state index contributed by atoms with van der Waals surface area (Å²) >= 11 is 0. The number of esters is 1. The number of ether oxygens (including phenoxy) is 2.